The second kappa shape index (κ2) is 10.9. The number of fused-ring (bicyclic) bond motifs is 1. The van der Waals surface area contributed by atoms with Gasteiger partial charge in [0.25, 0.3) is 0 Å². The Balaban J connectivity index is 0.00000261. The van der Waals surface area contributed by atoms with Gasteiger partial charge in [-0.05, 0) is 17.7 Å². The van der Waals surface area contributed by atoms with Gasteiger partial charge in [0.05, 0.1) is 17.6 Å². The van der Waals surface area contributed by atoms with Gasteiger partial charge in [0.15, 0.2) is 5.96 Å². The maximum absolute atomic E-state index is 9.65. The third-order valence-corrected chi connectivity index (χ3v) is 4.32. The van der Waals surface area contributed by atoms with Crippen LogP contribution in [0.25, 0.3) is 11.0 Å². The number of para-hydroxylation sites is 2. The van der Waals surface area contributed by atoms with Crippen molar-refractivity contribution in [2.45, 2.75) is 12.3 Å². The number of benzene rings is 2. The second-order valence-electron chi connectivity index (χ2n) is 6.12. The normalized spacial score (nSPS) is 12.4. The topological polar surface area (TPSA) is 85.3 Å². The fourth-order valence-corrected chi connectivity index (χ4v) is 2.88. The van der Waals surface area contributed by atoms with Crippen LogP contribution in [-0.4, -0.2) is 47.8 Å². The summed E-state index contributed by atoms with van der Waals surface area (Å²) < 4.78 is 0. The first-order chi connectivity index (χ1) is 12.8. The Morgan fingerprint density at radius 3 is 2.56 bits per heavy atom. The molecular weight excluding hydrogens is 453 g/mol. The number of H-pyrrole nitrogens is 1. The molecule has 3 rings (SSSR count). The van der Waals surface area contributed by atoms with Crippen molar-refractivity contribution in [1.82, 2.24) is 20.6 Å². The number of hydrogen-bond donors (Lipinski definition) is 4. The average Bonchev–Trinajstić information content (AvgIpc) is 3.10. The molecule has 1 heterocycles. The van der Waals surface area contributed by atoms with E-state index in [9.17, 15) is 5.11 Å². The van der Waals surface area contributed by atoms with Crippen LogP contribution < -0.4 is 10.6 Å². The number of nitrogens with one attached hydrogen (secondary N) is 3. The molecule has 1 atom stereocenters. The molecule has 1 unspecified atom stereocenters. The average molecular weight is 479 g/mol. The van der Waals surface area contributed by atoms with E-state index in [1.807, 2.05) is 54.6 Å². The van der Waals surface area contributed by atoms with Crippen LogP contribution in [0.15, 0.2) is 59.6 Å². The van der Waals surface area contributed by atoms with Crippen molar-refractivity contribution in [3.8, 4) is 0 Å². The fraction of sp³-hybridized carbons (Fsp3) is 0.300. The van der Waals surface area contributed by atoms with E-state index in [1.54, 1.807) is 7.05 Å². The Bertz CT molecular complexity index is 817. The van der Waals surface area contributed by atoms with Crippen LogP contribution in [-0.2, 0) is 6.42 Å². The van der Waals surface area contributed by atoms with Crippen LogP contribution in [0.1, 0.15) is 17.3 Å². The lowest BCUT2D eigenvalue weighted by Crippen LogP contribution is -2.40. The van der Waals surface area contributed by atoms with Gasteiger partial charge in [0, 0.05) is 32.5 Å². The zero-order valence-corrected chi connectivity index (χ0v) is 17.7. The summed E-state index contributed by atoms with van der Waals surface area (Å²) in [5.41, 5.74) is 3.15. The molecule has 0 radical (unpaired) electrons. The molecule has 0 saturated heterocycles. The van der Waals surface area contributed by atoms with Crippen molar-refractivity contribution in [2.75, 3.05) is 26.7 Å². The minimum Gasteiger partial charge on any atom is -0.396 e. The molecule has 0 aliphatic heterocycles. The van der Waals surface area contributed by atoms with Gasteiger partial charge in [-0.2, -0.15) is 0 Å². The molecule has 0 aliphatic carbocycles. The Morgan fingerprint density at radius 2 is 1.85 bits per heavy atom. The van der Waals surface area contributed by atoms with Crippen LogP contribution in [0.5, 0.6) is 0 Å². The number of aromatic nitrogens is 2. The van der Waals surface area contributed by atoms with E-state index in [-0.39, 0.29) is 36.5 Å². The third-order valence-electron chi connectivity index (χ3n) is 4.32. The smallest absolute Gasteiger partial charge is 0.191 e. The summed E-state index contributed by atoms with van der Waals surface area (Å²) >= 11 is 0. The largest absolute Gasteiger partial charge is 0.396 e. The van der Waals surface area contributed by atoms with Gasteiger partial charge in [-0.3, -0.25) is 4.99 Å². The molecular formula is C20H26IN5O. The van der Waals surface area contributed by atoms with Gasteiger partial charge in [0.1, 0.15) is 5.82 Å². The molecule has 0 spiro atoms. The van der Waals surface area contributed by atoms with E-state index in [2.05, 4.69) is 25.6 Å². The van der Waals surface area contributed by atoms with Crippen molar-refractivity contribution in [1.29, 1.82) is 0 Å². The highest BCUT2D eigenvalue weighted by Gasteiger charge is 2.11. The molecule has 1 aromatic heterocycles. The Kier molecular flexibility index (Phi) is 8.53. The van der Waals surface area contributed by atoms with Crippen molar-refractivity contribution in [2.24, 2.45) is 4.99 Å². The van der Waals surface area contributed by atoms with Crippen LogP contribution in [0.3, 0.4) is 0 Å². The molecule has 3 aromatic rings. The summed E-state index contributed by atoms with van der Waals surface area (Å²) in [6.07, 6.45) is 0.775. The standard InChI is InChI=1S/C20H25N5O.HI/c1-21-20(23-13-16(14-26)15-7-3-2-4-8-15)22-12-11-19-24-17-9-5-6-10-18(17)25-19;/h2-10,16,26H,11-14H2,1H3,(H,24,25)(H2,21,22,23);1H. The van der Waals surface area contributed by atoms with Crippen molar-refractivity contribution in [3.05, 3.63) is 66.0 Å². The first-order valence-corrected chi connectivity index (χ1v) is 8.84. The number of nitrogens with zero attached hydrogens (tertiary/aromatic N) is 2. The quantitative estimate of drug-likeness (QED) is 0.239. The summed E-state index contributed by atoms with van der Waals surface area (Å²) in [5.74, 6) is 1.70. The van der Waals surface area contributed by atoms with Crippen molar-refractivity contribution in [3.63, 3.8) is 0 Å². The number of guanidine groups is 1. The molecule has 2 aromatic carbocycles. The molecule has 4 N–H and O–H groups in total. The number of aliphatic hydroxyl groups is 1. The zero-order valence-electron chi connectivity index (χ0n) is 15.4. The van der Waals surface area contributed by atoms with E-state index in [0.717, 1.165) is 34.8 Å². The number of imidazole rings is 1. The van der Waals surface area contributed by atoms with Crippen LogP contribution in [0, 0.1) is 0 Å². The lowest BCUT2D eigenvalue weighted by Gasteiger charge is -2.18. The van der Waals surface area contributed by atoms with Crippen molar-refractivity contribution < 1.29 is 5.11 Å². The fourth-order valence-electron chi connectivity index (χ4n) is 2.88. The number of aliphatic imine (C=N–C) groups is 1. The molecule has 0 fully saturated rings. The van der Waals surface area contributed by atoms with Gasteiger partial charge in [-0.1, -0.05) is 42.5 Å². The van der Waals surface area contributed by atoms with Crippen LogP contribution in [0.4, 0.5) is 0 Å². The lowest BCUT2D eigenvalue weighted by molar-refractivity contribution is 0.265. The van der Waals surface area contributed by atoms with Crippen molar-refractivity contribution >= 4 is 41.0 Å². The highest BCUT2D eigenvalue weighted by molar-refractivity contribution is 14.0. The Labute approximate surface area is 176 Å². The minimum absolute atomic E-state index is 0. The van der Waals surface area contributed by atoms with Gasteiger partial charge >= 0.3 is 0 Å². The summed E-state index contributed by atoms with van der Waals surface area (Å²) in [6.45, 7) is 1.42. The Morgan fingerprint density at radius 1 is 1.11 bits per heavy atom. The highest BCUT2D eigenvalue weighted by Crippen LogP contribution is 2.13. The summed E-state index contributed by atoms with van der Waals surface area (Å²) in [5, 5.41) is 16.2. The third kappa shape index (κ3) is 5.93. The van der Waals surface area contributed by atoms with Gasteiger partial charge in [0.2, 0.25) is 0 Å². The lowest BCUT2D eigenvalue weighted by atomic mass is 10.0. The van der Waals surface area contributed by atoms with E-state index in [4.69, 9.17) is 0 Å². The molecule has 144 valence electrons. The molecule has 0 amide bonds. The molecule has 0 aliphatic rings. The zero-order chi connectivity index (χ0) is 18.2. The van der Waals surface area contributed by atoms with E-state index >= 15 is 0 Å². The Hall–Kier alpha value is -2.13. The summed E-state index contributed by atoms with van der Waals surface area (Å²) in [6, 6.07) is 18.0. The van der Waals surface area contributed by atoms with Gasteiger partial charge in [-0.15, -0.1) is 24.0 Å². The van der Waals surface area contributed by atoms with Gasteiger partial charge in [-0.25, -0.2) is 4.98 Å². The van der Waals surface area contributed by atoms with E-state index in [0.29, 0.717) is 13.1 Å². The first kappa shape index (κ1) is 21.2. The maximum Gasteiger partial charge on any atom is 0.191 e. The van der Waals surface area contributed by atoms with Gasteiger partial charge < -0.3 is 20.7 Å². The monoisotopic (exact) mass is 479 g/mol. The van der Waals surface area contributed by atoms with E-state index < -0.39 is 0 Å². The SMILES string of the molecule is CN=C(NCCc1nc2ccccc2[nH]1)NCC(CO)c1ccccc1.I. The second-order valence-corrected chi connectivity index (χ2v) is 6.12. The molecule has 6 nitrogen and oxygen atoms in total. The highest BCUT2D eigenvalue weighted by atomic mass is 127. The molecule has 27 heavy (non-hydrogen) atoms. The maximum atomic E-state index is 9.65. The molecule has 0 saturated carbocycles. The summed E-state index contributed by atoms with van der Waals surface area (Å²) in [4.78, 5) is 12.1. The van der Waals surface area contributed by atoms with Crippen LogP contribution in [0.2, 0.25) is 0 Å². The number of aliphatic hydroxyl groups excluding tert-OH is 1. The number of rotatable bonds is 7. The molecule has 7 heteroatoms. The predicted molar refractivity (Wildman–Crippen MR) is 121 cm³/mol. The van der Waals surface area contributed by atoms with E-state index in [1.165, 1.54) is 0 Å². The van der Waals surface area contributed by atoms with Crippen LogP contribution >= 0.6 is 24.0 Å². The number of halogens is 1. The first-order valence-electron chi connectivity index (χ1n) is 8.84. The molecule has 0 bridgehead atoms. The minimum atomic E-state index is 0. The predicted octanol–water partition coefficient (Wildman–Crippen LogP) is 2.66. The summed E-state index contributed by atoms with van der Waals surface area (Å²) in [7, 11) is 1.74. The number of hydrogen-bond acceptors (Lipinski definition) is 3. The number of aromatic amines is 1.